The molecule has 0 aromatic carbocycles. The summed E-state index contributed by atoms with van der Waals surface area (Å²) >= 11 is 0. The van der Waals surface area contributed by atoms with Gasteiger partial charge in [-0.3, -0.25) is 4.79 Å². The number of fused-ring (bicyclic) bond motifs is 1. The van der Waals surface area contributed by atoms with Gasteiger partial charge in [-0.25, -0.2) is 14.5 Å². The van der Waals surface area contributed by atoms with Gasteiger partial charge in [0.25, 0.3) is 5.78 Å². The van der Waals surface area contributed by atoms with Crippen molar-refractivity contribution in [1.29, 1.82) is 0 Å². The number of nitrogens with one attached hydrogen (secondary N) is 2. The molecule has 2 aliphatic heterocycles. The number of nitrogens with zero attached hydrogens (tertiary/aromatic N) is 4. The fourth-order valence-corrected chi connectivity index (χ4v) is 6.33. The van der Waals surface area contributed by atoms with Gasteiger partial charge < -0.3 is 15.4 Å². The third-order valence-corrected chi connectivity index (χ3v) is 8.11. The Bertz CT molecular complexity index is 1010. The van der Waals surface area contributed by atoms with Crippen LogP contribution in [0.4, 0.5) is 0 Å². The lowest BCUT2D eigenvalue weighted by atomic mass is 9.83. The molecule has 1 aliphatic carbocycles. The molecular weight excluding hydrogens is 428 g/mol. The predicted molar refractivity (Wildman–Crippen MR) is 131 cm³/mol. The standard InChI is InChI=1S/C26H40N6O2/c1-26(2)15-19(11-13-34-26)23-20(14-18-10-7-12-28-24(18)33)31-32-16-21(29-25(32)30-23)22(27-3)17-8-5-4-6-9-17/h16-19,22,27H,4-15H2,1-3H3,(H,28,33). The normalized spacial score (nSPS) is 27.0. The van der Waals surface area contributed by atoms with Crippen molar-refractivity contribution in [3.05, 3.63) is 23.3 Å². The highest BCUT2D eigenvalue weighted by molar-refractivity contribution is 5.79. The Morgan fingerprint density at radius 2 is 2.00 bits per heavy atom. The summed E-state index contributed by atoms with van der Waals surface area (Å²) in [6.07, 6.45) is 12.8. The van der Waals surface area contributed by atoms with Crippen molar-refractivity contribution in [1.82, 2.24) is 30.2 Å². The molecule has 1 saturated carbocycles. The number of imidazole rings is 1. The van der Waals surface area contributed by atoms with Crippen molar-refractivity contribution >= 4 is 11.7 Å². The molecule has 2 saturated heterocycles. The Balaban J connectivity index is 1.51. The largest absolute Gasteiger partial charge is 0.376 e. The highest BCUT2D eigenvalue weighted by atomic mass is 16.5. The number of carbonyl (C=O) groups excluding carboxylic acids is 1. The van der Waals surface area contributed by atoms with Gasteiger partial charge in [-0.1, -0.05) is 19.3 Å². The van der Waals surface area contributed by atoms with E-state index in [1.54, 1.807) is 0 Å². The molecule has 34 heavy (non-hydrogen) atoms. The summed E-state index contributed by atoms with van der Waals surface area (Å²) in [5.74, 6) is 1.64. The van der Waals surface area contributed by atoms with Crippen LogP contribution in [-0.4, -0.2) is 51.3 Å². The molecular formula is C26H40N6O2. The molecule has 8 heteroatoms. The summed E-state index contributed by atoms with van der Waals surface area (Å²) in [5, 5.41) is 11.6. The molecule has 4 heterocycles. The number of aromatic nitrogens is 4. The first-order valence-electron chi connectivity index (χ1n) is 13.3. The summed E-state index contributed by atoms with van der Waals surface area (Å²) in [4.78, 5) is 22.6. The Kier molecular flexibility index (Phi) is 6.89. The lowest BCUT2D eigenvalue weighted by molar-refractivity contribution is -0.126. The lowest BCUT2D eigenvalue weighted by Crippen LogP contribution is -2.38. The summed E-state index contributed by atoms with van der Waals surface area (Å²) in [5.41, 5.74) is 2.80. The quantitative estimate of drug-likeness (QED) is 0.671. The topological polar surface area (TPSA) is 93.4 Å². The van der Waals surface area contributed by atoms with Gasteiger partial charge in [-0.2, -0.15) is 5.10 Å². The van der Waals surface area contributed by atoms with Crippen molar-refractivity contribution in [3.63, 3.8) is 0 Å². The molecule has 0 radical (unpaired) electrons. The fraction of sp³-hybridized carbons (Fsp3) is 0.769. The smallest absolute Gasteiger partial charge is 0.251 e. The van der Waals surface area contributed by atoms with Crippen molar-refractivity contribution in [3.8, 4) is 0 Å². The van der Waals surface area contributed by atoms with Gasteiger partial charge in [-0.15, -0.1) is 0 Å². The lowest BCUT2D eigenvalue weighted by Gasteiger charge is -2.35. The Morgan fingerprint density at radius 1 is 1.18 bits per heavy atom. The Morgan fingerprint density at radius 3 is 2.74 bits per heavy atom. The van der Waals surface area contributed by atoms with E-state index >= 15 is 0 Å². The van der Waals surface area contributed by atoms with E-state index in [1.165, 1.54) is 32.1 Å². The second-order valence-corrected chi connectivity index (χ2v) is 11.2. The molecule has 0 bridgehead atoms. The second-order valence-electron chi connectivity index (χ2n) is 11.2. The van der Waals surface area contributed by atoms with E-state index in [4.69, 9.17) is 19.8 Å². The second kappa shape index (κ2) is 9.90. The van der Waals surface area contributed by atoms with Crippen LogP contribution in [-0.2, 0) is 16.0 Å². The maximum absolute atomic E-state index is 12.6. The zero-order valence-corrected chi connectivity index (χ0v) is 21.0. The van der Waals surface area contributed by atoms with Gasteiger partial charge in [0.2, 0.25) is 5.91 Å². The molecule has 186 valence electrons. The third kappa shape index (κ3) is 4.98. The average Bonchev–Trinajstić information content (AvgIpc) is 3.23. The molecule has 2 N–H and O–H groups in total. The summed E-state index contributed by atoms with van der Waals surface area (Å²) < 4.78 is 7.84. The minimum Gasteiger partial charge on any atom is -0.376 e. The minimum atomic E-state index is -0.186. The van der Waals surface area contributed by atoms with Gasteiger partial charge in [0.05, 0.1) is 34.9 Å². The van der Waals surface area contributed by atoms with Crippen LogP contribution in [0.5, 0.6) is 0 Å². The van der Waals surface area contributed by atoms with E-state index < -0.39 is 0 Å². The molecule has 2 aromatic heterocycles. The molecule has 2 aromatic rings. The monoisotopic (exact) mass is 468 g/mol. The molecule has 8 nitrogen and oxygen atoms in total. The van der Waals surface area contributed by atoms with Crippen LogP contribution in [0.3, 0.4) is 0 Å². The average molecular weight is 469 g/mol. The van der Waals surface area contributed by atoms with E-state index in [1.807, 2.05) is 11.6 Å². The third-order valence-electron chi connectivity index (χ3n) is 8.11. The molecule has 0 spiro atoms. The van der Waals surface area contributed by atoms with Crippen LogP contribution in [0.15, 0.2) is 6.20 Å². The number of hydrogen-bond acceptors (Lipinski definition) is 6. The molecule has 5 rings (SSSR count). The molecule has 3 unspecified atom stereocenters. The van der Waals surface area contributed by atoms with Gasteiger partial charge in [-0.05, 0) is 65.3 Å². The van der Waals surface area contributed by atoms with Crippen LogP contribution in [0, 0.1) is 11.8 Å². The van der Waals surface area contributed by atoms with Crippen molar-refractivity contribution in [2.24, 2.45) is 11.8 Å². The maximum atomic E-state index is 12.6. The zero-order chi connectivity index (χ0) is 23.7. The fourth-order valence-electron chi connectivity index (χ4n) is 6.33. The molecule has 3 atom stereocenters. The summed E-state index contributed by atoms with van der Waals surface area (Å²) in [7, 11) is 2.03. The molecule has 3 aliphatic rings. The Hall–Kier alpha value is -2.06. The number of amides is 1. The minimum absolute atomic E-state index is 0.0395. The molecule has 3 fully saturated rings. The van der Waals surface area contributed by atoms with Crippen molar-refractivity contribution in [2.75, 3.05) is 20.2 Å². The zero-order valence-electron chi connectivity index (χ0n) is 21.0. The van der Waals surface area contributed by atoms with Gasteiger partial charge >= 0.3 is 0 Å². The number of rotatable bonds is 6. The van der Waals surface area contributed by atoms with Crippen LogP contribution >= 0.6 is 0 Å². The van der Waals surface area contributed by atoms with Gasteiger partial charge in [0, 0.05) is 31.4 Å². The van der Waals surface area contributed by atoms with Crippen LogP contribution in [0.1, 0.15) is 101 Å². The van der Waals surface area contributed by atoms with Gasteiger partial charge in [0.1, 0.15) is 0 Å². The van der Waals surface area contributed by atoms with Crippen LogP contribution < -0.4 is 10.6 Å². The van der Waals surface area contributed by atoms with E-state index in [0.717, 1.165) is 55.9 Å². The van der Waals surface area contributed by atoms with Gasteiger partial charge in [0.15, 0.2) is 0 Å². The first kappa shape index (κ1) is 23.7. The summed E-state index contributed by atoms with van der Waals surface area (Å²) in [6, 6.07) is 0.224. The number of ether oxygens (including phenoxy) is 1. The van der Waals surface area contributed by atoms with Crippen molar-refractivity contribution < 1.29 is 9.53 Å². The SMILES string of the molecule is CNC(c1cn2nc(CC3CCCNC3=O)c(C3CCOC(C)(C)C3)nc2n1)C1CCCCC1. The Labute approximate surface area is 202 Å². The van der Waals surface area contributed by atoms with Crippen LogP contribution in [0.25, 0.3) is 5.78 Å². The van der Waals surface area contributed by atoms with E-state index in [2.05, 4.69) is 30.7 Å². The number of piperidine rings is 1. The molecule has 1 amide bonds. The highest BCUT2D eigenvalue weighted by Gasteiger charge is 2.34. The van der Waals surface area contributed by atoms with E-state index in [0.29, 0.717) is 18.1 Å². The predicted octanol–water partition coefficient (Wildman–Crippen LogP) is 3.71. The van der Waals surface area contributed by atoms with E-state index in [9.17, 15) is 4.79 Å². The first-order valence-corrected chi connectivity index (χ1v) is 13.3. The first-order chi connectivity index (χ1) is 16.4. The highest BCUT2D eigenvalue weighted by Crippen LogP contribution is 2.37. The maximum Gasteiger partial charge on any atom is 0.251 e. The van der Waals surface area contributed by atoms with Crippen LogP contribution in [0.2, 0.25) is 0 Å². The summed E-state index contributed by atoms with van der Waals surface area (Å²) in [6.45, 7) is 5.79. The number of carbonyl (C=O) groups is 1. The van der Waals surface area contributed by atoms with E-state index in [-0.39, 0.29) is 29.4 Å². The van der Waals surface area contributed by atoms with Crippen molar-refractivity contribution in [2.45, 2.75) is 95.6 Å². The number of hydrogen-bond donors (Lipinski definition) is 2.